The predicted octanol–water partition coefficient (Wildman–Crippen LogP) is 2.25. The van der Waals surface area contributed by atoms with Crippen molar-refractivity contribution in [3.63, 3.8) is 0 Å². The molecular weight excluding hydrogens is 342 g/mol. The Morgan fingerprint density at radius 2 is 1.36 bits per heavy atom. The van der Waals surface area contributed by atoms with Gasteiger partial charge in [-0.25, -0.2) is 4.79 Å². The van der Waals surface area contributed by atoms with Crippen molar-refractivity contribution in [2.24, 2.45) is 5.73 Å². The van der Waals surface area contributed by atoms with E-state index < -0.39 is 11.9 Å². The number of hydrogen-bond acceptors (Lipinski definition) is 4. The number of rotatable bonds is 6. The third-order valence-electron chi connectivity index (χ3n) is 3.21. The summed E-state index contributed by atoms with van der Waals surface area (Å²) in [5.74, 6) is -1.89. The third kappa shape index (κ3) is 5.40. The average Bonchev–Trinajstić information content (AvgIpc) is 2.55. The zero-order valence-corrected chi connectivity index (χ0v) is 13.8. The second-order valence-electron chi connectivity index (χ2n) is 5.10. The normalized spacial score (nSPS) is 9.92. The van der Waals surface area contributed by atoms with E-state index in [1.807, 2.05) is 0 Å². The van der Waals surface area contributed by atoms with Crippen LogP contribution in [0.4, 0.5) is 11.4 Å². The Kier molecular flexibility index (Phi) is 5.80. The number of ketones is 1. The number of carboxylic acid groups (broad SMARTS) is 1. The SMILES string of the molecule is NC(=S)Nc1ccc(C(=O)CC(=O)Nc2ccc(C(=O)O)cc2)cc1. The van der Waals surface area contributed by atoms with Crippen LogP contribution in [-0.2, 0) is 4.79 Å². The van der Waals surface area contributed by atoms with Gasteiger partial charge in [-0.1, -0.05) is 0 Å². The highest BCUT2D eigenvalue weighted by Gasteiger charge is 2.12. The Labute approximate surface area is 148 Å². The van der Waals surface area contributed by atoms with Crippen molar-refractivity contribution in [3.8, 4) is 0 Å². The highest BCUT2D eigenvalue weighted by atomic mass is 32.1. The molecular formula is C17H15N3O4S. The van der Waals surface area contributed by atoms with Gasteiger partial charge in [0.15, 0.2) is 10.9 Å². The quantitative estimate of drug-likeness (QED) is 0.355. The summed E-state index contributed by atoms with van der Waals surface area (Å²) in [6.07, 6.45) is -0.331. The van der Waals surface area contributed by atoms with Crippen LogP contribution in [0.2, 0.25) is 0 Å². The van der Waals surface area contributed by atoms with E-state index >= 15 is 0 Å². The monoisotopic (exact) mass is 357 g/mol. The Bertz CT molecular complexity index is 817. The number of amides is 1. The lowest BCUT2D eigenvalue weighted by Gasteiger charge is -2.07. The Morgan fingerprint density at radius 3 is 1.84 bits per heavy atom. The third-order valence-corrected chi connectivity index (χ3v) is 3.31. The molecule has 0 atom stereocenters. The number of anilines is 2. The zero-order valence-electron chi connectivity index (χ0n) is 13.0. The van der Waals surface area contributed by atoms with E-state index in [9.17, 15) is 14.4 Å². The molecule has 1 amide bonds. The number of carboxylic acids is 1. The second kappa shape index (κ2) is 8.02. The molecule has 0 aliphatic carbocycles. The molecule has 5 N–H and O–H groups in total. The van der Waals surface area contributed by atoms with Gasteiger partial charge in [0.25, 0.3) is 0 Å². The topological polar surface area (TPSA) is 122 Å². The molecule has 0 heterocycles. The van der Waals surface area contributed by atoms with Crippen molar-refractivity contribution in [1.82, 2.24) is 0 Å². The first-order valence-corrected chi connectivity index (χ1v) is 7.59. The van der Waals surface area contributed by atoms with Crippen molar-refractivity contribution in [2.75, 3.05) is 10.6 Å². The summed E-state index contributed by atoms with van der Waals surface area (Å²) in [4.78, 5) is 34.8. The van der Waals surface area contributed by atoms with Gasteiger partial charge in [0.1, 0.15) is 0 Å². The Hall–Kier alpha value is -3.26. The summed E-state index contributed by atoms with van der Waals surface area (Å²) in [6.45, 7) is 0. The van der Waals surface area contributed by atoms with Gasteiger partial charge in [0, 0.05) is 16.9 Å². The standard InChI is InChI=1S/C17H15N3O4S/c18-17(25)20-13-5-1-10(2-6-13)14(21)9-15(22)19-12-7-3-11(4-8-12)16(23)24/h1-8H,9H2,(H,19,22)(H,23,24)(H3,18,20,25). The maximum absolute atomic E-state index is 12.1. The predicted molar refractivity (Wildman–Crippen MR) is 97.8 cm³/mol. The highest BCUT2D eigenvalue weighted by molar-refractivity contribution is 7.80. The van der Waals surface area contributed by atoms with E-state index in [1.165, 1.54) is 24.3 Å². The summed E-state index contributed by atoms with van der Waals surface area (Å²) in [6, 6.07) is 12.1. The number of carbonyl (C=O) groups is 3. The van der Waals surface area contributed by atoms with Crippen LogP contribution in [-0.4, -0.2) is 27.9 Å². The Balaban J connectivity index is 1.94. The molecule has 0 aliphatic rings. The lowest BCUT2D eigenvalue weighted by Crippen LogP contribution is -2.19. The number of hydrogen-bond donors (Lipinski definition) is 4. The maximum atomic E-state index is 12.1. The molecule has 2 rings (SSSR count). The number of aromatic carboxylic acids is 1. The average molecular weight is 357 g/mol. The van der Waals surface area contributed by atoms with Gasteiger partial charge in [-0.3, -0.25) is 9.59 Å². The first-order chi connectivity index (χ1) is 11.8. The van der Waals surface area contributed by atoms with Gasteiger partial charge in [-0.15, -0.1) is 0 Å². The van der Waals surface area contributed by atoms with Gasteiger partial charge < -0.3 is 21.5 Å². The lowest BCUT2D eigenvalue weighted by molar-refractivity contribution is -0.115. The van der Waals surface area contributed by atoms with Gasteiger partial charge in [-0.2, -0.15) is 0 Å². The minimum absolute atomic E-state index is 0.111. The van der Waals surface area contributed by atoms with E-state index in [-0.39, 0.29) is 22.9 Å². The molecule has 0 saturated carbocycles. The molecule has 0 saturated heterocycles. The highest BCUT2D eigenvalue weighted by Crippen LogP contribution is 2.13. The largest absolute Gasteiger partial charge is 0.478 e. The van der Waals surface area contributed by atoms with Crippen molar-refractivity contribution in [2.45, 2.75) is 6.42 Å². The molecule has 8 heteroatoms. The molecule has 0 aliphatic heterocycles. The fourth-order valence-electron chi connectivity index (χ4n) is 2.03. The molecule has 2 aromatic carbocycles. The minimum atomic E-state index is -1.05. The van der Waals surface area contributed by atoms with E-state index in [4.69, 9.17) is 23.1 Å². The van der Waals surface area contributed by atoms with Crippen LogP contribution in [0.1, 0.15) is 27.1 Å². The summed E-state index contributed by atoms with van der Waals surface area (Å²) < 4.78 is 0. The molecule has 0 spiro atoms. The number of carbonyl (C=O) groups excluding carboxylic acids is 2. The van der Waals surface area contributed by atoms with Crippen LogP contribution in [0.15, 0.2) is 48.5 Å². The molecule has 2 aromatic rings. The van der Waals surface area contributed by atoms with Crippen LogP contribution in [0.5, 0.6) is 0 Å². The number of nitrogens with one attached hydrogen (secondary N) is 2. The van der Waals surface area contributed by atoms with Crippen molar-refractivity contribution in [3.05, 3.63) is 59.7 Å². The number of thiocarbonyl (C=S) groups is 1. The summed E-state index contributed by atoms with van der Waals surface area (Å²) in [5.41, 5.74) is 6.91. The maximum Gasteiger partial charge on any atom is 0.335 e. The van der Waals surface area contributed by atoms with E-state index in [0.717, 1.165) is 0 Å². The molecule has 0 aromatic heterocycles. The van der Waals surface area contributed by atoms with Crippen LogP contribution < -0.4 is 16.4 Å². The molecule has 0 fully saturated rings. The van der Waals surface area contributed by atoms with Crippen LogP contribution in [0, 0.1) is 0 Å². The lowest BCUT2D eigenvalue weighted by atomic mass is 10.1. The van der Waals surface area contributed by atoms with Crippen LogP contribution in [0.3, 0.4) is 0 Å². The van der Waals surface area contributed by atoms with Gasteiger partial charge in [-0.05, 0) is 60.7 Å². The summed E-state index contributed by atoms with van der Waals surface area (Å²) in [7, 11) is 0. The van der Waals surface area contributed by atoms with Crippen molar-refractivity contribution >= 4 is 46.4 Å². The van der Waals surface area contributed by atoms with E-state index in [0.29, 0.717) is 16.9 Å². The molecule has 25 heavy (non-hydrogen) atoms. The summed E-state index contributed by atoms with van der Waals surface area (Å²) >= 11 is 4.72. The molecule has 0 bridgehead atoms. The van der Waals surface area contributed by atoms with Crippen molar-refractivity contribution in [1.29, 1.82) is 0 Å². The number of Topliss-reactive ketones (excluding diaryl/α,β-unsaturated/α-hetero) is 1. The van der Waals surface area contributed by atoms with Crippen LogP contribution in [0.25, 0.3) is 0 Å². The van der Waals surface area contributed by atoms with Crippen molar-refractivity contribution < 1.29 is 19.5 Å². The smallest absolute Gasteiger partial charge is 0.335 e. The first kappa shape index (κ1) is 18.1. The zero-order chi connectivity index (χ0) is 18.4. The molecule has 128 valence electrons. The Morgan fingerprint density at radius 1 is 0.880 bits per heavy atom. The number of nitrogens with two attached hydrogens (primary N) is 1. The fourth-order valence-corrected chi connectivity index (χ4v) is 2.15. The molecule has 0 unspecified atom stereocenters. The van der Waals surface area contributed by atoms with E-state index in [1.54, 1.807) is 24.3 Å². The van der Waals surface area contributed by atoms with Gasteiger partial charge >= 0.3 is 5.97 Å². The second-order valence-corrected chi connectivity index (χ2v) is 5.54. The van der Waals surface area contributed by atoms with E-state index in [2.05, 4.69) is 10.6 Å². The van der Waals surface area contributed by atoms with Gasteiger partial charge in [0.2, 0.25) is 5.91 Å². The first-order valence-electron chi connectivity index (χ1n) is 7.18. The minimum Gasteiger partial charge on any atom is -0.478 e. The molecule has 0 radical (unpaired) electrons. The summed E-state index contributed by atoms with van der Waals surface area (Å²) in [5, 5.41) is 14.2. The van der Waals surface area contributed by atoms with Crippen LogP contribution >= 0.6 is 12.2 Å². The molecule has 7 nitrogen and oxygen atoms in total. The fraction of sp³-hybridized carbons (Fsp3) is 0.0588. The van der Waals surface area contributed by atoms with Gasteiger partial charge in [0.05, 0.1) is 12.0 Å². The number of benzene rings is 2.